The van der Waals surface area contributed by atoms with Crippen molar-refractivity contribution in [3.63, 3.8) is 0 Å². The molecule has 2 rings (SSSR count). The zero-order valence-corrected chi connectivity index (χ0v) is 17.2. The summed E-state index contributed by atoms with van der Waals surface area (Å²) in [5.74, 6) is 0.741. The molecule has 4 heteroatoms. The molecule has 0 saturated heterocycles. The number of benzene rings is 2. The van der Waals surface area contributed by atoms with Crippen LogP contribution < -0.4 is 10.1 Å². The lowest BCUT2D eigenvalue weighted by Crippen LogP contribution is -2.29. The second-order valence-corrected chi connectivity index (χ2v) is 7.13. The molecule has 0 unspecified atom stereocenters. The first kappa shape index (κ1) is 21.0. The molecule has 27 heavy (non-hydrogen) atoms. The van der Waals surface area contributed by atoms with E-state index in [1.54, 1.807) is 0 Å². The van der Waals surface area contributed by atoms with Gasteiger partial charge in [-0.05, 0) is 75.2 Å². The molecule has 2 aromatic carbocycles. The number of carbonyl (C=O) groups excluding carboxylic acids is 1. The molecule has 1 N–H and O–H groups in total. The number of hydrogen-bond donors (Lipinski definition) is 1. The third kappa shape index (κ3) is 6.10. The number of aryl methyl sites for hydroxylation is 1. The van der Waals surface area contributed by atoms with Crippen LogP contribution >= 0.6 is 0 Å². The number of nitrogens with zero attached hydrogens (tertiary/aromatic N) is 1. The van der Waals surface area contributed by atoms with Gasteiger partial charge in [0.15, 0.2) is 0 Å². The molecule has 0 spiro atoms. The van der Waals surface area contributed by atoms with Crippen LogP contribution in [0.2, 0.25) is 0 Å². The van der Waals surface area contributed by atoms with Crippen molar-refractivity contribution in [2.24, 2.45) is 0 Å². The fourth-order valence-corrected chi connectivity index (χ4v) is 2.94. The normalized spacial score (nSPS) is 11.1. The maximum Gasteiger partial charge on any atom is 0.255 e. The van der Waals surface area contributed by atoms with Crippen molar-refractivity contribution >= 4 is 11.6 Å². The molecule has 0 bridgehead atoms. The topological polar surface area (TPSA) is 41.6 Å². The number of nitrogens with one attached hydrogen (secondary N) is 1. The zero-order chi connectivity index (χ0) is 19.8. The Kier molecular flexibility index (Phi) is 7.86. The highest BCUT2D eigenvalue weighted by molar-refractivity contribution is 6.04. The summed E-state index contributed by atoms with van der Waals surface area (Å²) in [4.78, 5) is 15.0. The SMILES string of the molecule is CCCOc1ccc(NC(=O)c2ccc(CN(CC)C(C)C)cc2)c(C)c1. The molecule has 0 fully saturated rings. The predicted molar refractivity (Wildman–Crippen MR) is 113 cm³/mol. The van der Waals surface area contributed by atoms with E-state index in [0.717, 1.165) is 36.5 Å². The van der Waals surface area contributed by atoms with E-state index >= 15 is 0 Å². The third-order valence-corrected chi connectivity index (χ3v) is 4.66. The van der Waals surface area contributed by atoms with Gasteiger partial charge >= 0.3 is 0 Å². The van der Waals surface area contributed by atoms with Gasteiger partial charge in [-0.15, -0.1) is 0 Å². The molecule has 0 heterocycles. The van der Waals surface area contributed by atoms with Crippen molar-refractivity contribution in [3.05, 3.63) is 59.2 Å². The number of rotatable bonds is 9. The van der Waals surface area contributed by atoms with Gasteiger partial charge in [-0.2, -0.15) is 0 Å². The molecule has 4 nitrogen and oxygen atoms in total. The molecular weight excluding hydrogens is 336 g/mol. The van der Waals surface area contributed by atoms with Crippen molar-refractivity contribution in [1.29, 1.82) is 0 Å². The summed E-state index contributed by atoms with van der Waals surface area (Å²) < 4.78 is 5.63. The summed E-state index contributed by atoms with van der Waals surface area (Å²) in [7, 11) is 0. The number of carbonyl (C=O) groups is 1. The number of ether oxygens (including phenoxy) is 1. The van der Waals surface area contributed by atoms with Crippen molar-refractivity contribution < 1.29 is 9.53 Å². The molecule has 0 aromatic heterocycles. The molecule has 0 radical (unpaired) electrons. The Bertz CT molecular complexity index is 739. The van der Waals surface area contributed by atoms with E-state index in [1.807, 2.05) is 49.4 Å². The van der Waals surface area contributed by atoms with E-state index < -0.39 is 0 Å². The van der Waals surface area contributed by atoms with E-state index in [1.165, 1.54) is 5.56 Å². The summed E-state index contributed by atoms with van der Waals surface area (Å²) in [5.41, 5.74) is 3.68. The predicted octanol–water partition coefficient (Wildman–Crippen LogP) is 5.27. The largest absolute Gasteiger partial charge is 0.494 e. The van der Waals surface area contributed by atoms with Crippen molar-refractivity contribution in [2.75, 3.05) is 18.5 Å². The van der Waals surface area contributed by atoms with Gasteiger partial charge in [-0.25, -0.2) is 0 Å². The molecule has 0 atom stereocenters. The second-order valence-electron chi connectivity index (χ2n) is 7.13. The summed E-state index contributed by atoms with van der Waals surface area (Å²) in [6, 6.07) is 14.1. The fourth-order valence-electron chi connectivity index (χ4n) is 2.94. The minimum absolute atomic E-state index is 0.0944. The second kappa shape index (κ2) is 10.1. The minimum Gasteiger partial charge on any atom is -0.494 e. The Morgan fingerprint density at radius 3 is 2.37 bits per heavy atom. The third-order valence-electron chi connectivity index (χ3n) is 4.66. The Morgan fingerprint density at radius 2 is 1.81 bits per heavy atom. The number of anilines is 1. The van der Waals surface area contributed by atoms with Gasteiger partial charge in [0, 0.05) is 23.8 Å². The first-order valence-electron chi connectivity index (χ1n) is 9.82. The van der Waals surface area contributed by atoms with Gasteiger partial charge in [0.25, 0.3) is 5.91 Å². The van der Waals surface area contributed by atoms with Gasteiger partial charge in [0.1, 0.15) is 5.75 Å². The summed E-state index contributed by atoms with van der Waals surface area (Å²) >= 11 is 0. The van der Waals surface area contributed by atoms with E-state index in [9.17, 15) is 4.79 Å². The Labute approximate surface area is 163 Å². The van der Waals surface area contributed by atoms with E-state index in [4.69, 9.17) is 4.74 Å². The van der Waals surface area contributed by atoms with Crippen LogP contribution in [0.4, 0.5) is 5.69 Å². The van der Waals surface area contributed by atoms with Gasteiger partial charge in [0.05, 0.1) is 6.61 Å². The van der Waals surface area contributed by atoms with Crippen LogP contribution in [-0.2, 0) is 6.54 Å². The average molecular weight is 369 g/mol. The fraction of sp³-hybridized carbons (Fsp3) is 0.435. The molecule has 2 aromatic rings. The Balaban J connectivity index is 2.01. The van der Waals surface area contributed by atoms with Crippen LogP contribution in [0.3, 0.4) is 0 Å². The lowest BCUT2D eigenvalue weighted by molar-refractivity contribution is 0.102. The molecule has 0 aliphatic rings. The average Bonchev–Trinajstić information content (AvgIpc) is 2.66. The highest BCUT2D eigenvalue weighted by Crippen LogP contribution is 2.22. The molecule has 0 saturated carbocycles. The lowest BCUT2D eigenvalue weighted by atomic mass is 10.1. The van der Waals surface area contributed by atoms with Crippen LogP contribution in [0.5, 0.6) is 5.75 Å². The van der Waals surface area contributed by atoms with Gasteiger partial charge < -0.3 is 10.1 Å². The summed E-state index contributed by atoms with van der Waals surface area (Å²) in [6.45, 7) is 13.2. The maximum absolute atomic E-state index is 12.6. The zero-order valence-electron chi connectivity index (χ0n) is 17.2. The lowest BCUT2D eigenvalue weighted by Gasteiger charge is -2.24. The highest BCUT2D eigenvalue weighted by atomic mass is 16.5. The first-order chi connectivity index (χ1) is 12.9. The quantitative estimate of drug-likeness (QED) is 0.656. The van der Waals surface area contributed by atoms with Gasteiger partial charge in [-0.3, -0.25) is 9.69 Å². The number of amides is 1. The highest BCUT2D eigenvalue weighted by Gasteiger charge is 2.11. The number of hydrogen-bond acceptors (Lipinski definition) is 3. The summed E-state index contributed by atoms with van der Waals surface area (Å²) in [5, 5.41) is 2.99. The molecular formula is C23H32N2O2. The van der Waals surface area contributed by atoms with Crippen molar-refractivity contribution in [3.8, 4) is 5.75 Å². The minimum atomic E-state index is -0.0944. The summed E-state index contributed by atoms with van der Waals surface area (Å²) in [6.07, 6.45) is 0.973. The Morgan fingerprint density at radius 1 is 1.11 bits per heavy atom. The monoisotopic (exact) mass is 368 g/mol. The van der Waals surface area contributed by atoms with Crippen LogP contribution in [-0.4, -0.2) is 30.0 Å². The van der Waals surface area contributed by atoms with Crippen molar-refractivity contribution in [1.82, 2.24) is 4.90 Å². The molecule has 1 amide bonds. The van der Waals surface area contributed by atoms with Crippen LogP contribution in [0.1, 0.15) is 55.6 Å². The maximum atomic E-state index is 12.6. The van der Waals surface area contributed by atoms with Gasteiger partial charge in [-0.1, -0.05) is 26.0 Å². The van der Waals surface area contributed by atoms with Crippen LogP contribution in [0.15, 0.2) is 42.5 Å². The van der Waals surface area contributed by atoms with Crippen molar-refractivity contribution in [2.45, 2.75) is 53.6 Å². The van der Waals surface area contributed by atoms with E-state index in [0.29, 0.717) is 18.2 Å². The van der Waals surface area contributed by atoms with Crippen LogP contribution in [0.25, 0.3) is 0 Å². The first-order valence-corrected chi connectivity index (χ1v) is 9.82. The van der Waals surface area contributed by atoms with E-state index in [2.05, 4.69) is 37.9 Å². The van der Waals surface area contributed by atoms with Crippen LogP contribution in [0, 0.1) is 6.92 Å². The molecule has 146 valence electrons. The molecule has 0 aliphatic carbocycles. The smallest absolute Gasteiger partial charge is 0.255 e. The van der Waals surface area contributed by atoms with Gasteiger partial charge in [0.2, 0.25) is 0 Å². The molecule has 0 aliphatic heterocycles. The van der Waals surface area contributed by atoms with E-state index in [-0.39, 0.29) is 5.91 Å². The standard InChI is InChI=1S/C23H32N2O2/c1-6-14-27-21-12-13-22(18(5)15-21)24-23(26)20-10-8-19(9-11-20)16-25(7-2)17(3)4/h8-13,15,17H,6-7,14,16H2,1-5H3,(H,24,26). The Hall–Kier alpha value is -2.33.